The number of nitro groups is 1. The Morgan fingerprint density at radius 2 is 0.713 bits per heavy atom. The van der Waals surface area contributed by atoms with E-state index >= 15 is 0 Å². The summed E-state index contributed by atoms with van der Waals surface area (Å²) < 4.78 is 1.57. The van der Waals surface area contributed by atoms with Crippen LogP contribution >= 0.6 is 68.8 Å². The van der Waals surface area contributed by atoms with Crippen molar-refractivity contribution in [3.8, 4) is 11.1 Å². The van der Waals surface area contributed by atoms with Gasteiger partial charge in [-0.2, -0.15) is 0 Å². The molecule has 3 aromatic heterocycles. The lowest BCUT2D eigenvalue weighted by molar-refractivity contribution is -0.384. The standard InChI is InChI=1S/C16H18.C14H16.C11H16.C10H13NO2.C10H14.C8H10Cl2S.C8H11ClS.C8H12S/c1-16(2,3)15-11-9-14(10-12-15)13-7-5-4-6-8-13;1-14(2,3)13-9-8-11-6-4-5-7-12(11)10-13;1-9-5-7-10(8-6-9)11(2,3)4;1-10(2,3)8-4-6-9(7-5-8)11(12)13;1-10(2,3)9-7-5-4-6-8-9;1-8(2,3)6-4-5(9)7(10)11-6;1-8(2,3)6-4-5-7(9)10-6;1-8(2,3)7-5-4-6-9-7/h4-12H,1-3H3;4-10H,1-3H3;5-8H,1-4H3;4-7H,1-3H3;4-8H,1-3H3;4H,1-3H3;4-5H,1-3H3;4-6H,1-3H3. The van der Waals surface area contributed by atoms with E-state index < -0.39 is 0 Å². The molecule has 7 aromatic carbocycles. The Bertz CT molecular complexity index is 3750. The lowest BCUT2D eigenvalue weighted by atomic mass is 9.86. The van der Waals surface area contributed by atoms with E-state index in [0.717, 1.165) is 9.90 Å². The van der Waals surface area contributed by atoms with Crippen molar-refractivity contribution in [3.63, 3.8) is 0 Å². The Hall–Kier alpha value is -5.83. The van der Waals surface area contributed by atoms with Gasteiger partial charge >= 0.3 is 0 Å². The summed E-state index contributed by atoms with van der Waals surface area (Å²) in [5.41, 5.74) is 12.6. The largest absolute Gasteiger partial charge is 0.269 e. The predicted molar refractivity (Wildman–Crippen MR) is 424 cm³/mol. The molecule has 0 bridgehead atoms. The summed E-state index contributed by atoms with van der Waals surface area (Å²) in [5, 5.41) is 15.8. The van der Waals surface area contributed by atoms with Crippen LogP contribution in [0.1, 0.15) is 214 Å². The third-order valence-corrected chi connectivity index (χ3v) is 20.2. The highest BCUT2D eigenvalue weighted by Gasteiger charge is 2.20. The molecule has 94 heavy (non-hydrogen) atoms. The Labute approximate surface area is 596 Å². The summed E-state index contributed by atoms with van der Waals surface area (Å²) in [6.45, 7) is 54.9. The number of fused-ring (bicyclic) bond motifs is 1. The van der Waals surface area contributed by atoms with Crippen LogP contribution in [0.15, 0.2) is 212 Å². The van der Waals surface area contributed by atoms with Gasteiger partial charge in [-0.3, -0.25) is 10.1 Å². The molecule has 0 aliphatic heterocycles. The molecule has 0 saturated carbocycles. The maximum Gasteiger partial charge on any atom is 0.269 e. The van der Waals surface area contributed by atoms with Crippen molar-refractivity contribution in [2.75, 3.05) is 0 Å². The summed E-state index contributed by atoms with van der Waals surface area (Å²) in [4.78, 5) is 14.0. The van der Waals surface area contributed by atoms with Crippen molar-refractivity contribution in [2.45, 2.75) is 216 Å². The number of benzene rings is 7. The molecule has 9 heteroatoms. The maximum atomic E-state index is 10.4. The second-order valence-electron chi connectivity index (χ2n) is 31.9. The highest BCUT2D eigenvalue weighted by molar-refractivity contribution is 7.17. The van der Waals surface area contributed by atoms with Gasteiger partial charge in [-0.1, -0.05) is 376 Å². The summed E-state index contributed by atoms with van der Waals surface area (Å²) in [6.07, 6.45) is 0. The summed E-state index contributed by atoms with van der Waals surface area (Å²) in [5.74, 6) is 0. The number of nitro benzene ring substituents is 1. The van der Waals surface area contributed by atoms with Crippen LogP contribution in [0.3, 0.4) is 0 Å². The molecule has 0 saturated heterocycles. The zero-order chi connectivity index (χ0) is 71.3. The van der Waals surface area contributed by atoms with E-state index in [0.29, 0.717) is 20.2 Å². The van der Waals surface area contributed by atoms with Gasteiger partial charge in [0.1, 0.15) is 4.34 Å². The first-order valence-corrected chi connectivity index (χ1v) is 36.1. The third kappa shape index (κ3) is 30.1. The van der Waals surface area contributed by atoms with Gasteiger partial charge in [0.2, 0.25) is 0 Å². The van der Waals surface area contributed by atoms with Crippen molar-refractivity contribution in [1.29, 1.82) is 0 Å². The minimum absolute atomic E-state index is 0.0507. The van der Waals surface area contributed by atoms with E-state index in [1.54, 1.807) is 46.9 Å². The van der Waals surface area contributed by atoms with Crippen LogP contribution in [0.25, 0.3) is 21.9 Å². The summed E-state index contributed by atoms with van der Waals surface area (Å²) in [6, 6.07) is 70.8. The molecule has 3 heterocycles. The lowest BCUT2D eigenvalue weighted by Crippen LogP contribution is -2.10. The van der Waals surface area contributed by atoms with E-state index in [2.05, 4.69) is 342 Å². The lowest BCUT2D eigenvalue weighted by Gasteiger charge is -2.19. The second-order valence-corrected chi connectivity index (χ2v) is 36.6. The van der Waals surface area contributed by atoms with Crippen molar-refractivity contribution < 1.29 is 4.92 Å². The minimum atomic E-state index is -0.383. The van der Waals surface area contributed by atoms with Gasteiger partial charge in [0.15, 0.2) is 0 Å². The Morgan fingerprint density at radius 1 is 0.330 bits per heavy atom. The SMILES string of the molecule is CC(C)(C)c1cc(Cl)c(Cl)s1.CC(C)(C)c1ccc(-c2ccccc2)cc1.CC(C)(C)c1ccc(Cl)s1.CC(C)(C)c1ccc([N+](=O)[O-])cc1.CC(C)(C)c1ccc2ccccc2c1.CC(C)(C)c1ccccc1.CC(C)(C)c1cccs1.Cc1ccc(C(C)(C)C)cc1. The molecule has 0 radical (unpaired) electrons. The summed E-state index contributed by atoms with van der Waals surface area (Å²) >= 11 is 22.5. The first kappa shape index (κ1) is 82.4. The van der Waals surface area contributed by atoms with Gasteiger partial charge < -0.3 is 0 Å². The van der Waals surface area contributed by atoms with Crippen LogP contribution in [0.2, 0.25) is 13.7 Å². The Balaban J connectivity index is 0.000000282. The van der Waals surface area contributed by atoms with Crippen molar-refractivity contribution in [3.05, 3.63) is 283 Å². The first-order chi connectivity index (χ1) is 43.2. The van der Waals surface area contributed by atoms with Crippen LogP contribution in [-0.2, 0) is 43.3 Å². The molecule has 0 aliphatic carbocycles. The molecule has 10 rings (SSSR count). The van der Waals surface area contributed by atoms with Crippen LogP contribution in [0, 0.1) is 17.0 Å². The number of nitrogens with zero attached hydrogens (tertiary/aromatic N) is 1. The first-order valence-electron chi connectivity index (χ1n) is 32.5. The second kappa shape index (κ2) is 36.0. The van der Waals surface area contributed by atoms with E-state index in [1.165, 1.54) is 64.3 Å². The number of aryl methyl sites for hydroxylation is 1. The zero-order valence-electron chi connectivity index (χ0n) is 61.3. The van der Waals surface area contributed by atoms with Crippen LogP contribution in [-0.4, -0.2) is 4.92 Å². The molecule has 506 valence electrons. The van der Waals surface area contributed by atoms with Crippen molar-refractivity contribution >= 4 is 85.3 Å². The molecular formula is C85H110Cl3NO2S3. The topological polar surface area (TPSA) is 43.1 Å². The number of non-ortho nitro benzene ring substituents is 1. The predicted octanol–water partition coefficient (Wildman–Crippen LogP) is 29.1. The number of hydrogen-bond donors (Lipinski definition) is 0. The van der Waals surface area contributed by atoms with E-state index in [-0.39, 0.29) is 43.1 Å². The van der Waals surface area contributed by atoms with E-state index in [4.69, 9.17) is 34.8 Å². The smallest absolute Gasteiger partial charge is 0.258 e. The quantitative estimate of drug-likeness (QED) is 0.128. The molecule has 0 fully saturated rings. The average Bonchev–Trinajstić information content (AvgIpc) is 1.19. The third-order valence-electron chi connectivity index (χ3n) is 14.9. The molecule has 0 N–H and O–H groups in total. The number of halogens is 3. The average molecular weight is 1380 g/mol. The molecule has 0 aliphatic rings. The fourth-order valence-corrected chi connectivity index (χ4v) is 12.0. The minimum Gasteiger partial charge on any atom is -0.258 e. The molecular weight excluding hydrogens is 1270 g/mol. The Morgan fingerprint density at radius 3 is 1.04 bits per heavy atom. The van der Waals surface area contributed by atoms with E-state index in [1.807, 2.05) is 29.5 Å². The summed E-state index contributed by atoms with van der Waals surface area (Å²) in [7, 11) is 0. The highest BCUT2D eigenvalue weighted by Crippen LogP contribution is 2.38. The van der Waals surface area contributed by atoms with Gasteiger partial charge in [0.05, 0.1) is 14.3 Å². The van der Waals surface area contributed by atoms with E-state index in [9.17, 15) is 10.1 Å². The van der Waals surface area contributed by atoms with Crippen LogP contribution < -0.4 is 0 Å². The van der Waals surface area contributed by atoms with Crippen LogP contribution in [0.4, 0.5) is 5.69 Å². The number of rotatable bonds is 2. The van der Waals surface area contributed by atoms with Gasteiger partial charge in [0, 0.05) is 26.8 Å². The number of hydrogen-bond acceptors (Lipinski definition) is 5. The van der Waals surface area contributed by atoms with Gasteiger partial charge in [-0.15, -0.1) is 34.0 Å². The molecule has 0 amide bonds. The fraction of sp³-hybridized carbons (Fsp3) is 0.388. The Kier molecular flexibility index (Phi) is 31.5. The molecule has 0 atom stereocenters. The fourth-order valence-electron chi connectivity index (χ4n) is 8.66. The normalized spacial score (nSPS) is 11.7. The molecule has 0 unspecified atom stereocenters. The van der Waals surface area contributed by atoms with Crippen molar-refractivity contribution in [1.82, 2.24) is 0 Å². The van der Waals surface area contributed by atoms with Crippen LogP contribution in [0.5, 0.6) is 0 Å². The molecule has 3 nitrogen and oxygen atoms in total. The molecule has 0 spiro atoms. The van der Waals surface area contributed by atoms with Gasteiger partial charge in [0.25, 0.3) is 5.69 Å². The van der Waals surface area contributed by atoms with Crippen molar-refractivity contribution in [2.24, 2.45) is 0 Å². The monoisotopic (exact) mass is 1380 g/mol. The zero-order valence-corrected chi connectivity index (χ0v) is 66.0. The van der Waals surface area contributed by atoms with Gasteiger partial charge in [-0.05, 0) is 130 Å². The maximum absolute atomic E-state index is 10.4. The molecule has 10 aromatic rings. The highest BCUT2D eigenvalue weighted by atomic mass is 35.5. The number of thiophene rings is 3. The van der Waals surface area contributed by atoms with Gasteiger partial charge in [-0.25, -0.2) is 0 Å².